The highest BCUT2D eigenvalue weighted by molar-refractivity contribution is 6.32. The van der Waals surface area contributed by atoms with Gasteiger partial charge >= 0.3 is 0 Å². The van der Waals surface area contributed by atoms with E-state index >= 15 is 0 Å². The van der Waals surface area contributed by atoms with E-state index in [0.717, 1.165) is 32.0 Å². The first-order valence-corrected chi connectivity index (χ1v) is 7.90. The van der Waals surface area contributed by atoms with E-state index in [9.17, 15) is 4.79 Å². The lowest BCUT2D eigenvalue weighted by atomic mass is 10.3. The lowest BCUT2D eigenvalue weighted by Gasteiger charge is -2.36. The molecule has 2 aliphatic rings. The van der Waals surface area contributed by atoms with E-state index in [1.165, 1.54) is 6.33 Å². The quantitative estimate of drug-likeness (QED) is 0.786. The number of nitrogens with zero attached hydrogens (tertiary/aromatic N) is 5. The predicted molar refractivity (Wildman–Crippen MR) is 83.1 cm³/mol. The van der Waals surface area contributed by atoms with Crippen LogP contribution in [0.5, 0.6) is 0 Å². The molecular formula is C14H20ClN5O2. The normalized spacial score (nSPS) is 20.2. The van der Waals surface area contributed by atoms with Gasteiger partial charge in [-0.1, -0.05) is 11.6 Å². The minimum atomic E-state index is 0.191. The number of halogens is 1. The summed E-state index contributed by atoms with van der Waals surface area (Å²) in [5.74, 6) is 0.965. The number of ether oxygens (including phenoxy) is 1. The third kappa shape index (κ3) is 3.66. The van der Waals surface area contributed by atoms with Crippen LogP contribution in [0, 0.1) is 0 Å². The number of piperazine rings is 1. The number of rotatable bonds is 3. The zero-order chi connectivity index (χ0) is 15.4. The summed E-state index contributed by atoms with van der Waals surface area (Å²) in [6, 6.07) is 0. The summed E-state index contributed by atoms with van der Waals surface area (Å²) in [4.78, 5) is 26.6. The maximum Gasteiger partial charge on any atom is 0.236 e. The van der Waals surface area contributed by atoms with Crippen molar-refractivity contribution in [2.24, 2.45) is 0 Å². The number of anilines is 1. The average Bonchev–Trinajstić information content (AvgIpc) is 2.57. The van der Waals surface area contributed by atoms with E-state index in [1.807, 2.05) is 4.90 Å². The van der Waals surface area contributed by atoms with E-state index in [-0.39, 0.29) is 5.91 Å². The number of hydrogen-bond acceptors (Lipinski definition) is 6. The molecule has 0 bridgehead atoms. The molecule has 8 heteroatoms. The van der Waals surface area contributed by atoms with Crippen LogP contribution in [0.25, 0.3) is 0 Å². The molecule has 1 amide bonds. The van der Waals surface area contributed by atoms with E-state index in [1.54, 1.807) is 6.20 Å². The summed E-state index contributed by atoms with van der Waals surface area (Å²) in [6.07, 6.45) is 3.12. The molecule has 0 aromatic carbocycles. The van der Waals surface area contributed by atoms with Crippen molar-refractivity contribution in [1.82, 2.24) is 19.8 Å². The minimum Gasteiger partial charge on any atom is -0.378 e. The lowest BCUT2D eigenvalue weighted by Crippen LogP contribution is -2.51. The summed E-state index contributed by atoms with van der Waals surface area (Å²) >= 11 is 6.13. The Balaban J connectivity index is 1.49. The summed E-state index contributed by atoms with van der Waals surface area (Å²) in [5.41, 5.74) is 0. The van der Waals surface area contributed by atoms with Crippen LogP contribution >= 0.6 is 11.6 Å². The first kappa shape index (κ1) is 15.5. The fraction of sp³-hybridized carbons (Fsp3) is 0.643. The average molecular weight is 326 g/mol. The largest absolute Gasteiger partial charge is 0.378 e. The molecule has 3 heterocycles. The summed E-state index contributed by atoms with van der Waals surface area (Å²) < 4.78 is 5.28. The molecule has 2 saturated heterocycles. The van der Waals surface area contributed by atoms with Crippen LogP contribution in [0.3, 0.4) is 0 Å². The second-order valence-electron chi connectivity index (χ2n) is 5.45. The summed E-state index contributed by atoms with van der Waals surface area (Å²) in [5, 5.41) is 0.570. The van der Waals surface area contributed by atoms with Crippen molar-refractivity contribution in [1.29, 1.82) is 0 Å². The van der Waals surface area contributed by atoms with E-state index in [4.69, 9.17) is 16.3 Å². The zero-order valence-corrected chi connectivity index (χ0v) is 13.2. The molecular weight excluding hydrogens is 306 g/mol. The topological polar surface area (TPSA) is 61.8 Å². The van der Waals surface area contributed by atoms with Crippen LogP contribution in [-0.4, -0.2) is 84.7 Å². The van der Waals surface area contributed by atoms with Gasteiger partial charge in [-0.3, -0.25) is 9.69 Å². The van der Waals surface area contributed by atoms with Crippen molar-refractivity contribution in [2.45, 2.75) is 0 Å². The number of morpholine rings is 1. The standard InChI is InChI=1S/C14H20ClN5O2/c15-12-9-16-11-17-14(12)20-3-1-18(2-4-20)10-13(21)19-5-7-22-8-6-19/h9,11H,1-8,10H2. The molecule has 0 saturated carbocycles. The number of carbonyl (C=O) groups is 1. The molecule has 3 rings (SSSR count). The Morgan fingerprint density at radius 3 is 2.59 bits per heavy atom. The maximum atomic E-state index is 12.2. The van der Waals surface area contributed by atoms with Gasteiger partial charge in [0.1, 0.15) is 11.3 Å². The van der Waals surface area contributed by atoms with Crippen LogP contribution < -0.4 is 4.90 Å². The second kappa shape index (κ2) is 7.21. The molecule has 1 aromatic rings. The van der Waals surface area contributed by atoms with Crippen molar-refractivity contribution in [2.75, 3.05) is 63.9 Å². The maximum absolute atomic E-state index is 12.2. The Kier molecular flexibility index (Phi) is 5.07. The lowest BCUT2D eigenvalue weighted by molar-refractivity contribution is -0.136. The summed E-state index contributed by atoms with van der Waals surface area (Å²) in [6.45, 7) is 6.46. The molecule has 120 valence electrons. The molecule has 1 aromatic heterocycles. The SMILES string of the molecule is O=C(CN1CCN(c2ncncc2Cl)CC1)N1CCOCC1. The van der Waals surface area contributed by atoms with Crippen molar-refractivity contribution < 1.29 is 9.53 Å². The van der Waals surface area contributed by atoms with Gasteiger partial charge in [0, 0.05) is 39.3 Å². The van der Waals surface area contributed by atoms with Crippen molar-refractivity contribution in [3.63, 3.8) is 0 Å². The second-order valence-corrected chi connectivity index (χ2v) is 5.86. The van der Waals surface area contributed by atoms with Gasteiger partial charge in [0.2, 0.25) is 5.91 Å². The van der Waals surface area contributed by atoms with E-state index < -0.39 is 0 Å². The number of hydrogen-bond donors (Lipinski definition) is 0. The third-order valence-electron chi connectivity index (χ3n) is 4.04. The van der Waals surface area contributed by atoms with Crippen molar-refractivity contribution in [3.05, 3.63) is 17.5 Å². The highest BCUT2D eigenvalue weighted by atomic mass is 35.5. The van der Waals surface area contributed by atoms with Gasteiger partial charge in [-0.05, 0) is 0 Å². The first-order chi connectivity index (χ1) is 10.7. The first-order valence-electron chi connectivity index (χ1n) is 7.52. The van der Waals surface area contributed by atoms with Gasteiger partial charge in [0.05, 0.1) is 26.0 Å². The van der Waals surface area contributed by atoms with Gasteiger partial charge in [-0.25, -0.2) is 9.97 Å². The molecule has 0 atom stereocenters. The number of amides is 1. The van der Waals surface area contributed by atoms with Gasteiger partial charge < -0.3 is 14.5 Å². The Morgan fingerprint density at radius 2 is 1.91 bits per heavy atom. The highest BCUT2D eigenvalue weighted by Crippen LogP contribution is 2.22. The molecule has 0 radical (unpaired) electrons. The Labute approximate surface area is 134 Å². The fourth-order valence-electron chi connectivity index (χ4n) is 2.76. The minimum absolute atomic E-state index is 0.191. The zero-order valence-electron chi connectivity index (χ0n) is 12.4. The Hall–Kier alpha value is -1.44. The smallest absolute Gasteiger partial charge is 0.236 e. The van der Waals surface area contributed by atoms with Gasteiger partial charge in [-0.2, -0.15) is 0 Å². The van der Waals surface area contributed by atoms with Gasteiger partial charge in [-0.15, -0.1) is 0 Å². The molecule has 2 aliphatic heterocycles. The molecule has 7 nitrogen and oxygen atoms in total. The molecule has 2 fully saturated rings. The fourth-order valence-corrected chi connectivity index (χ4v) is 2.99. The number of carbonyl (C=O) groups excluding carboxylic acids is 1. The van der Waals surface area contributed by atoms with Crippen LogP contribution in [0.2, 0.25) is 5.02 Å². The molecule has 0 N–H and O–H groups in total. The highest BCUT2D eigenvalue weighted by Gasteiger charge is 2.24. The predicted octanol–water partition coefficient (Wildman–Crippen LogP) is 0.111. The van der Waals surface area contributed by atoms with Crippen LogP contribution in [0.4, 0.5) is 5.82 Å². The van der Waals surface area contributed by atoms with Gasteiger partial charge in [0.15, 0.2) is 5.82 Å². The molecule has 0 unspecified atom stereocenters. The van der Waals surface area contributed by atoms with Crippen molar-refractivity contribution in [3.8, 4) is 0 Å². The van der Waals surface area contributed by atoms with Gasteiger partial charge in [0.25, 0.3) is 0 Å². The van der Waals surface area contributed by atoms with Crippen LogP contribution in [0.15, 0.2) is 12.5 Å². The number of aromatic nitrogens is 2. The monoisotopic (exact) mass is 325 g/mol. The van der Waals surface area contributed by atoms with E-state index in [2.05, 4.69) is 19.8 Å². The third-order valence-corrected chi connectivity index (χ3v) is 4.31. The molecule has 0 aliphatic carbocycles. The molecule has 22 heavy (non-hydrogen) atoms. The Morgan fingerprint density at radius 1 is 1.18 bits per heavy atom. The van der Waals surface area contributed by atoms with Crippen LogP contribution in [-0.2, 0) is 9.53 Å². The van der Waals surface area contributed by atoms with E-state index in [0.29, 0.717) is 37.9 Å². The van der Waals surface area contributed by atoms with Crippen molar-refractivity contribution >= 4 is 23.3 Å². The summed E-state index contributed by atoms with van der Waals surface area (Å²) in [7, 11) is 0. The molecule has 0 spiro atoms. The van der Waals surface area contributed by atoms with Crippen LogP contribution in [0.1, 0.15) is 0 Å². The Bertz CT molecular complexity index is 516.